The van der Waals surface area contributed by atoms with Gasteiger partial charge in [-0.3, -0.25) is 4.79 Å². The van der Waals surface area contributed by atoms with Crippen molar-refractivity contribution < 1.29 is 4.79 Å². The van der Waals surface area contributed by atoms with E-state index in [0.717, 1.165) is 5.75 Å². The number of carbonyl (C=O) groups excluding carboxylic acids is 1. The number of thioether (sulfide) groups is 1. The van der Waals surface area contributed by atoms with Crippen LogP contribution in [0.5, 0.6) is 0 Å². The topological polar surface area (TPSA) is 20.3 Å². The zero-order chi connectivity index (χ0) is 14.2. The van der Waals surface area contributed by atoms with Gasteiger partial charge in [0.25, 0.3) is 0 Å². The molecule has 0 aromatic rings. The van der Waals surface area contributed by atoms with Crippen molar-refractivity contribution in [1.29, 1.82) is 0 Å². The Balaban J connectivity index is 1.70. The zero-order valence-corrected chi connectivity index (χ0v) is 13.9. The van der Waals surface area contributed by atoms with Crippen molar-refractivity contribution >= 4 is 17.7 Å². The summed E-state index contributed by atoms with van der Waals surface area (Å²) in [6, 6.07) is 0.566. The highest BCUT2D eigenvalue weighted by Gasteiger charge is 2.36. The summed E-state index contributed by atoms with van der Waals surface area (Å²) in [5.74, 6) is 1.15. The SMILES string of the molecule is CCCCCCCCC1SCC(=O)N1C1CCCCC1. The minimum absolute atomic E-state index is 0.415. The smallest absolute Gasteiger partial charge is 0.233 e. The first-order valence-corrected chi connectivity index (χ1v) is 9.80. The van der Waals surface area contributed by atoms with E-state index >= 15 is 0 Å². The van der Waals surface area contributed by atoms with Gasteiger partial charge in [-0.05, 0) is 19.3 Å². The Hall–Kier alpha value is -0.180. The fourth-order valence-corrected chi connectivity index (χ4v) is 4.87. The monoisotopic (exact) mass is 297 g/mol. The molecular weight excluding hydrogens is 266 g/mol. The fourth-order valence-electron chi connectivity index (χ4n) is 3.60. The average molecular weight is 298 g/mol. The van der Waals surface area contributed by atoms with Crippen LogP contribution in [-0.4, -0.2) is 28.0 Å². The molecular formula is C17H31NOS. The highest BCUT2D eigenvalue weighted by atomic mass is 32.2. The average Bonchev–Trinajstić information content (AvgIpc) is 2.84. The second-order valence-electron chi connectivity index (χ2n) is 6.41. The van der Waals surface area contributed by atoms with Crippen molar-refractivity contribution in [1.82, 2.24) is 4.90 Å². The number of rotatable bonds is 8. The largest absolute Gasteiger partial charge is 0.327 e. The lowest BCUT2D eigenvalue weighted by atomic mass is 9.94. The minimum Gasteiger partial charge on any atom is -0.327 e. The molecule has 1 heterocycles. The molecule has 2 rings (SSSR count). The molecule has 0 aromatic carbocycles. The second-order valence-corrected chi connectivity index (χ2v) is 7.58. The number of nitrogens with zero attached hydrogens (tertiary/aromatic N) is 1. The van der Waals surface area contributed by atoms with Crippen molar-refractivity contribution in [3.05, 3.63) is 0 Å². The molecule has 0 bridgehead atoms. The first-order chi connectivity index (χ1) is 9.83. The van der Waals surface area contributed by atoms with Gasteiger partial charge in [-0.15, -0.1) is 11.8 Å². The Morgan fingerprint density at radius 2 is 1.75 bits per heavy atom. The van der Waals surface area contributed by atoms with Crippen LogP contribution >= 0.6 is 11.8 Å². The van der Waals surface area contributed by atoms with Gasteiger partial charge in [-0.1, -0.05) is 64.7 Å². The van der Waals surface area contributed by atoms with Gasteiger partial charge in [-0.2, -0.15) is 0 Å². The highest BCUT2D eigenvalue weighted by Crippen LogP contribution is 2.35. The van der Waals surface area contributed by atoms with Gasteiger partial charge in [0.05, 0.1) is 11.1 Å². The van der Waals surface area contributed by atoms with Crippen LogP contribution in [0.25, 0.3) is 0 Å². The van der Waals surface area contributed by atoms with Crippen LogP contribution < -0.4 is 0 Å². The Bertz CT molecular complexity index is 289. The molecule has 1 amide bonds. The van der Waals surface area contributed by atoms with Gasteiger partial charge in [0, 0.05) is 6.04 Å². The summed E-state index contributed by atoms with van der Waals surface area (Å²) in [5, 5.41) is 0.497. The lowest BCUT2D eigenvalue weighted by Crippen LogP contribution is -2.42. The molecule has 1 atom stereocenters. The molecule has 1 aliphatic heterocycles. The van der Waals surface area contributed by atoms with E-state index in [1.165, 1.54) is 77.0 Å². The lowest BCUT2D eigenvalue weighted by molar-refractivity contribution is -0.131. The van der Waals surface area contributed by atoms with Crippen molar-refractivity contribution in [2.24, 2.45) is 0 Å². The fraction of sp³-hybridized carbons (Fsp3) is 0.941. The summed E-state index contributed by atoms with van der Waals surface area (Å²) in [4.78, 5) is 14.4. The van der Waals surface area contributed by atoms with Gasteiger partial charge in [0.2, 0.25) is 5.91 Å². The van der Waals surface area contributed by atoms with E-state index in [-0.39, 0.29) is 0 Å². The Labute approximate surface area is 129 Å². The van der Waals surface area contributed by atoms with E-state index in [1.54, 1.807) is 0 Å². The Morgan fingerprint density at radius 1 is 1.05 bits per heavy atom. The van der Waals surface area contributed by atoms with Gasteiger partial charge in [-0.25, -0.2) is 0 Å². The van der Waals surface area contributed by atoms with Crippen LogP contribution in [0.4, 0.5) is 0 Å². The maximum atomic E-state index is 12.2. The van der Waals surface area contributed by atoms with Gasteiger partial charge >= 0.3 is 0 Å². The molecule has 1 saturated heterocycles. The van der Waals surface area contributed by atoms with Crippen LogP contribution in [0.1, 0.15) is 84.0 Å². The summed E-state index contributed by atoms with van der Waals surface area (Å²) < 4.78 is 0. The third kappa shape index (κ3) is 4.68. The molecule has 0 N–H and O–H groups in total. The van der Waals surface area contributed by atoms with Crippen molar-refractivity contribution in [3.8, 4) is 0 Å². The summed E-state index contributed by atoms with van der Waals surface area (Å²) in [5.41, 5.74) is 0. The van der Waals surface area contributed by atoms with E-state index < -0.39 is 0 Å². The molecule has 2 nitrogen and oxygen atoms in total. The number of unbranched alkanes of at least 4 members (excludes halogenated alkanes) is 5. The Morgan fingerprint density at radius 3 is 2.50 bits per heavy atom. The van der Waals surface area contributed by atoms with Crippen LogP contribution in [0.15, 0.2) is 0 Å². The van der Waals surface area contributed by atoms with E-state index in [9.17, 15) is 4.79 Å². The predicted molar refractivity (Wildman–Crippen MR) is 88.0 cm³/mol. The maximum absolute atomic E-state index is 12.2. The van der Waals surface area contributed by atoms with E-state index in [0.29, 0.717) is 17.3 Å². The normalized spacial score (nSPS) is 24.6. The quantitative estimate of drug-likeness (QED) is 0.589. The van der Waals surface area contributed by atoms with Crippen LogP contribution in [0.2, 0.25) is 0 Å². The van der Waals surface area contributed by atoms with Crippen LogP contribution in [-0.2, 0) is 4.79 Å². The summed E-state index contributed by atoms with van der Waals surface area (Å²) in [6.45, 7) is 2.27. The molecule has 1 saturated carbocycles. The second kappa shape index (κ2) is 8.96. The molecule has 3 heteroatoms. The molecule has 116 valence electrons. The predicted octanol–water partition coefficient (Wildman–Crippen LogP) is 4.97. The first-order valence-electron chi connectivity index (χ1n) is 8.75. The van der Waals surface area contributed by atoms with Gasteiger partial charge in [0.15, 0.2) is 0 Å². The minimum atomic E-state index is 0.415. The molecule has 20 heavy (non-hydrogen) atoms. The molecule has 0 radical (unpaired) electrons. The van der Waals surface area contributed by atoms with E-state index in [4.69, 9.17) is 0 Å². The number of hydrogen-bond acceptors (Lipinski definition) is 2. The van der Waals surface area contributed by atoms with Crippen molar-refractivity contribution in [2.75, 3.05) is 5.75 Å². The molecule has 0 aromatic heterocycles. The van der Waals surface area contributed by atoms with Gasteiger partial charge in [0.1, 0.15) is 0 Å². The third-order valence-electron chi connectivity index (χ3n) is 4.77. The number of carbonyl (C=O) groups is 1. The molecule has 2 fully saturated rings. The molecule has 2 aliphatic rings. The zero-order valence-electron chi connectivity index (χ0n) is 13.1. The number of hydrogen-bond donors (Lipinski definition) is 0. The lowest BCUT2D eigenvalue weighted by Gasteiger charge is -2.35. The molecule has 1 unspecified atom stereocenters. The van der Waals surface area contributed by atoms with Crippen molar-refractivity contribution in [3.63, 3.8) is 0 Å². The van der Waals surface area contributed by atoms with Crippen LogP contribution in [0.3, 0.4) is 0 Å². The Kier molecular flexibility index (Phi) is 7.26. The third-order valence-corrected chi connectivity index (χ3v) is 6.03. The van der Waals surface area contributed by atoms with Crippen LogP contribution in [0, 0.1) is 0 Å². The van der Waals surface area contributed by atoms with E-state index in [1.807, 2.05) is 11.8 Å². The summed E-state index contributed by atoms with van der Waals surface area (Å²) in [7, 11) is 0. The number of amides is 1. The maximum Gasteiger partial charge on any atom is 0.233 e. The highest BCUT2D eigenvalue weighted by molar-refractivity contribution is 8.00. The summed E-state index contributed by atoms with van der Waals surface area (Å²) in [6.07, 6.45) is 15.9. The molecule has 0 spiro atoms. The summed E-state index contributed by atoms with van der Waals surface area (Å²) >= 11 is 1.90. The van der Waals surface area contributed by atoms with Crippen molar-refractivity contribution in [2.45, 2.75) is 95.4 Å². The molecule has 1 aliphatic carbocycles. The van der Waals surface area contributed by atoms with Gasteiger partial charge < -0.3 is 4.90 Å². The standard InChI is InChI=1S/C17H31NOS/c1-2-3-4-5-6-10-13-17-18(16(19)14-20-17)15-11-8-7-9-12-15/h15,17H,2-14H2,1H3. The first kappa shape index (κ1) is 16.2. The van der Waals surface area contributed by atoms with E-state index in [2.05, 4.69) is 11.8 Å².